The molecule has 0 spiro atoms. The molecule has 2 rings (SSSR count). The number of nitrogens with two attached hydrogens (primary N) is 1. The van der Waals surface area contributed by atoms with Gasteiger partial charge in [0.15, 0.2) is 0 Å². The van der Waals surface area contributed by atoms with Gasteiger partial charge in [0.2, 0.25) is 0 Å². The minimum Gasteiger partial charge on any atom is -0.389 e. The van der Waals surface area contributed by atoms with E-state index in [2.05, 4.69) is 19.2 Å². The lowest BCUT2D eigenvalue weighted by molar-refractivity contribution is 0.252. The highest BCUT2D eigenvalue weighted by atomic mass is 32.1. The van der Waals surface area contributed by atoms with Crippen molar-refractivity contribution in [3.8, 4) is 0 Å². The summed E-state index contributed by atoms with van der Waals surface area (Å²) in [5.41, 5.74) is 7.05. The zero-order valence-corrected chi connectivity index (χ0v) is 13.7. The molecule has 0 saturated heterocycles. The van der Waals surface area contributed by atoms with E-state index in [4.69, 9.17) is 18.0 Å². The second-order valence-corrected chi connectivity index (χ2v) is 7.13. The third-order valence-corrected chi connectivity index (χ3v) is 4.62. The van der Waals surface area contributed by atoms with E-state index in [0.29, 0.717) is 16.9 Å². The molecule has 0 unspecified atom stereocenters. The molecular weight excluding hydrogens is 283 g/mol. The van der Waals surface area contributed by atoms with Crippen molar-refractivity contribution in [3.05, 3.63) is 29.6 Å². The fourth-order valence-electron chi connectivity index (χ4n) is 3.65. The summed E-state index contributed by atoms with van der Waals surface area (Å²) in [5.74, 6) is 0.323. The monoisotopic (exact) mass is 308 g/mol. The van der Waals surface area contributed by atoms with Crippen molar-refractivity contribution in [3.63, 3.8) is 0 Å². The van der Waals surface area contributed by atoms with Crippen molar-refractivity contribution in [2.45, 2.75) is 46.0 Å². The lowest BCUT2D eigenvalue weighted by atomic mass is 9.78. The fourth-order valence-corrected chi connectivity index (χ4v) is 3.86. The van der Waals surface area contributed by atoms with Gasteiger partial charge in [-0.05, 0) is 42.7 Å². The van der Waals surface area contributed by atoms with Gasteiger partial charge in [-0.25, -0.2) is 4.39 Å². The molecule has 4 heteroatoms. The van der Waals surface area contributed by atoms with Crippen molar-refractivity contribution < 1.29 is 4.39 Å². The number of hydrogen-bond acceptors (Lipinski definition) is 2. The average Bonchev–Trinajstić information content (AvgIpc) is 2.84. The Kier molecular flexibility index (Phi) is 5.20. The van der Waals surface area contributed by atoms with Crippen LogP contribution in [0.2, 0.25) is 0 Å². The summed E-state index contributed by atoms with van der Waals surface area (Å²) in [4.78, 5) is 0.111. The minimum absolute atomic E-state index is 0.111. The van der Waals surface area contributed by atoms with Gasteiger partial charge < -0.3 is 11.1 Å². The molecular formula is C17H25FN2S. The molecule has 1 aliphatic rings. The van der Waals surface area contributed by atoms with E-state index in [1.165, 1.54) is 38.2 Å². The second kappa shape index (κ2) is 6.73. The highest BCUT2D eigenvalue weighted by molar-refractivity contribution is 7.80. The van der Waals surface area contributed by atoms with Crippen LogP contribution in [0.25, 0.3) is 0 Å². The quantitative estimate of drug-likeness (QED) is 0.761. The van der Waals surface area contributed by atoms with Gasteiger partial charge in [0.05, 0.1) is 5.56 Å². The van der Waals surface area contributed by atoms with Crippen LogP contribution in [0.1, 0.15) is 51.5 Å². The zero-order chi connectivity index (χ0) is 15.5. The van der Waals surface area contributed by atoms with Gasteiger partial charge in [-0.15, -0.1) is 0 Å². The Bertz CT molecular complexity index is 508. The minimum atomic E-state index is -0.350. The van der Waals surface area contributed by atoms with Crippen molar-refractivity contribution in [2.24, 2.45) is 17.1 Å². The van der Waals surface area contributed by atoms with Crippen molar-refractivity contribution in [2.75, 3.05) is 11.9 Å². The summed E-state index contributed by atoms with van der Waals surface area (Å²) >= 11 is 4.98. The van der Waals surface area contributed by atoms with Crippen molar-refractivity contribution >= 4 is 22.9 Å². The number of nitrogens with one attached hydrogen (secondary N) is 1. The van der Waals surface area contributed by atoms with Crippen LogP contribution in [0.3, 0.4) is 0 Å². The Balaban J connectivity index is 2.15. The molecule has 0 amide bonds. The Morgan fingerprint density at radius 2 is 2.05 bits per heavy atom. The molecule has 0 aliphatic heterocycles. The first-order valence-corrected chi connectivity index (χ1v) is 8.16. The molecule has 0 bridgehead atoms. The molecule has 3 N–H and O–H groups in total. The van der Waals surface area contributed by atoms with Crippen LogP contribution in [-0.4, -0.2) is 11.5 Å². The summed E-state index contributed by atoms with van der Waals surface area (Å²) in [6, 6.07) is 4.96. The van der Waals surface area contributed by atoms with Gasteiger partial charge in [-0.3, -0.25) is 0 Å². The van der Waals surface area contributed by atoms with E-state index in [-0.39, 0.29) is 10.8 Å². The van der Waals surface area contributed by atoms with E-state index in [1.54, 1.807) is 6.07 Å². The Labute approximate surface area is 132 Å². The average molecular weight is 308 g/mol. The normalized spacial score (nSPS) is 17.1. The Morgan fingerprint density at radius 1 is 1.38 bits per heavy atom. The highest BCUT2D eigenvalue weighted by Crippen LogP contribution is 2.43. The maximum atomic E-state index is 13.9. The predicted molar refractivity (Wildman–Crippen MR) is 91.1 cm³/mol. The topological polar surface area (TPSA) is 38.0 Å². The van der Waals surface area contributed by atoms with Gasteiger partial charge in [0.1, 0.15) is 10.8 Å². The summed E-state index contributed by atoms with van der Waals surface area (Å²) < 4.78 is 13.9. The van der Waals surface area contributed by atoms with Crippen LogP contribution in [0.4, 0.5) is 10.1 Å². The maximum absolute atomic E-state index is 13.9. The molecule has 1 saturated carbocycles. The maximum Gasteiger partial charge on any atom is 0.135 e. The largest absolute Gasteiger partial charge is 0.389 e. The van der Waals surface area contributed by atoms with E-state index >= 15 is 0 Å². The van der Waals surface area contributed by atoms with Gasteiger partial charge in [-0.2, -0.15) is 0 Å². The van der Waals surface area contributed by atoms with Gasteiger partial charge in [-0.1, -0.05) is 45.0 Å². The molecule has 116 valence electrons. The number of anilines is 1. The first-order chi connectivity index (χ1) is 9.93. The van der Waals surface area contributed by atoms with E-state index in [0.717, 1.165) is 12.2 Å². The molecule has 1 fully saturated rings. The third kappa shape index (κ3) is 3.94. The van der Waals surface area contributed by atoms with Crippen LogP contribution in [-0.2, 0) is 0 Å². The molecule has 1 aromatic carbocycles. The van der Waals surface area contributed by atoms with Crippen LogP contribution in [0, 0.1) is 17.2 Å². The predicted octanol–water partition coefficient (Wildman–Crippen LogP) is 4.48. The molecule has 2 nitrogen and oxygen atoms in total. The summed E-state index contributed by atoms with van der Waals surface area (Å²) in [6.45, 7) is 5.40. The second-order valence-electron chi connectivity index (χ2n) is 6.69. The molecule has 21 heavy (non-hydrogen) atoms. The summed E-state index contributed by atoms with van der Waals surface area (Å²) in [7, 11) is 0. The molecule has 0 radical (unpaired) electrons. The number of halogens is 1. The fraction of sp³-hybridized carbons (Fsp3) is 0.588. The molecule has 1 aromatic rings. The Morgan fingerprint density at radius 3 is 2.62 bits per heavy atom. The van der Waals surface area contributed by atoms with Gasteiger partial charge in [0, 0.05) is 12.2 Å². The first kappa shape index (κ1) is 16.2. The number of rotatable bonds is 6. The molecule has 0 heterocycles. The summed E-state index contributed by atoms with van der Waals surface area (Å²) in [6.07, 6.45) is 6.28. The number of thiocarbonyl (C=S) groups is 1. The molecule has 0 aromatic heterocycles. The number of hydrogen-bond donors (Lipinski definition) is 2. The van der Waals surface area contributed by atoms with Crippen LogP contribution in [0.5, 0.6) is 0 Å². The van der Waals surface area contributed by atoms with E-state index in [1.807, 2.05) is 6.07 Å². The Hall–Kier alpha value is -1.16. The smallest absolute Gasteiger partial charge is 0.135 e. The first-order valence-electron chi connectivity index (χ1n) is 7.76. The molecule has 1 aliphatic carbocycles. The van der Waals surface area contributed by atoms with E-state index < -0.39 is 0 Å². The van der Waals surface area contributed by atoms with Crippen molar-refractivity contribution in [1.29, 1.82) is 0 Å². The van der Waals surface area contributed by atoms with Crippen molar-refractivity contribution in [1.82, 2.24) is 0 Å². The lowest BCUT2D eigenvalue weighted by Crippen LogP contribution is -2.29. The standard InChI is InChI=1S/C17H25FN2S/c1-12(2)10-17(8-3-4-9-17)11-20-14-7-5-6-13(18)15(14)16(19)21/h5-7,12,20H,3-4,8-11H2,1-2H3,(H2,19,21). The van der Waals surface area contributed by atoms with E-state index in [9.17, 15) is 4.39 Å². The zero-order valence-electron chi connectivity index (χ0n) is 12.9. The highest BCUT2D eigenvalue weighted by Gasteiger charge is 2.34. The third-order valence-electron chi connectivity index (χ3n) is 4.42. The van der Waals surface area contributed by atoms with Gasteiger partial charge in [0.25, 0.3) is 0 Å². The number of benzene rings is 1. The van der Waals surface area contributed by atoms with Crippen LogP contribution in [0.15, 0.2) is 18.2 Å². The summed E-state index contributed by atoms with van der Waals surface area (Å²) in [5, 5.41) is 3.42. The molecule has 0 atom stereocenters. The van der Waals surface area contributed by atoms with Crippen LogP contribution < -0.4 is 11.1 Å². The van der Waals surface area contributed by atoms with Crippen LogP contribution >= 0.6 is 12.2 Å². The SMILES string of the molecule is CC(C)CC1(CNc2cccc(F)c2C(N)=S)CCCC1. The van der Waals surface area contributed by atoms with Gasteiger partial charge >= 0.3 is 0 Å². The lowest BCUT2D eigenvalue weighted by Gasteiger charge is -2.32.